The minimum absolute atomic E-state index is 0.424. The first-order valence-electron chi connectivity index (χ1n) is 4.40. The fraction of sp³-hybridized carbons (Fsp3) is 0.222. The van der Waals surface area contributed by atoms with Crippen LogP contribution in [-0.2, 0) is 6.42 Å². The van der Waals surface area contributed by atoms with Gasteiger partial charge in [0, 0.05) is 17.1 Å². The van der Waals surface area contributed by atoms with Crippen molar-refractivity contribution in [1.82, 2.24) is 5.32 Å². The molecule has 1 rings (SSSR count). The number of carbonyl (C=O) groups excluding carboxylic acids is 1. The molecule has 0 radical (unpaired) electrons. The van der Waals surface area contributed by atoms with E-state index >= 15 is 0 Å². The number of urea groups is 1. The van der Waals surface area contributed by atoms with Gasteiger partial charge in [0.05, 0.1) is 0 Å². The van der Waals surface area contributed by atoms with Gasteiger partial charge in [-0.3, -0.25) is 0 Å². The number of hydrogen-bond acceptors (Lipinski definition) is 2. The molecular weight excluding hydrogens is 194 g/mol. The van der Waals surface area contributed by atoms with Gasteiger partial charge in [-0.2, -0.15) is 0 Å². The fourth-order valence-corrected chi connectivity index (χ4v) is 1.19. The van der Waals surface area contributed by atoms with Crippen molar-refractivity contribution in [3.8, 4) is 0 Å². The number of benzene rings is 1. The van der Waals surface area contributed by atoms with E-state index in [0.29, 0.717) is 18.7 Å². The molecule has 6 heteroatoms. The zero-order valence-corrected chi connectivity index (χ0v) is 8.05. The average Bonchev–Trinajstić information content (AvgIpc) is 2.20. The van der Waals surface area contributed by atoms with Gasteiger partial charge in [-0.15, -0.1) is 0 Å². The third kappa shape index (κ3) is 3.58. The molecule has 0 saturated carbocycles. The molecule has 0 aliphatic carbocycles. The molecule has 0 bridgehead atoms. The van der Waals surface area contributed by atoms with Crippen molar-refractivity contribution in [3.05, 3.63) is 40.3 Å². The number of amides is 2. The Morgan fingerprint density at radius 3 is 2.93 bits per heavy atom. The summed E-state index contributed by atoms with van der Waals surface area (Å²) in [6.07, 6.45) is 0.581. The van der Waals surface area contributed by atoms with Gasteiger partial charge in [-0.1, -0.05) is 29.4 Å². The van der Waals surface area contributed by atoms with Crippen molar-refractivity contribution in [2.24, 2.45) is 10.8 Å². The molecule has 1 aromatic carbocycles. The lowest BCUT2D eigenvalue weighted by Gasteiger charge is -2.04. The van der Waals surface area contributed by atoms with Crippen LogP contribution in [0, 0.1) is 0 Å². The number of azide groups is 1. The summed E-state index contributed by atoms with van der Waals surface area (Å²) < 4.78 is 0. The topological polar surface area (TPSA) is 104 Å². The molecular formula is C9H11N5O. The molecule has 0 unspecified atom stereocenters. The van der Waals surface area contributed by atoms with Crippen LogP contribution >= 0.6 is 0 Å². The van der Waals surface area contributed by atoms with Crippen molar-refractivity contribution < 1.29 is 4.79 Å². The lowest BCUT2D eigenvalue weighted by molar-refractivity contribution is 0.249. The molecule has 2 amide bonds. The zero-order valence-electron chi connectivity index (χ0n) is 8.05. The van der Waals surface area contributed by atoms with E-state index in [2.05, 4.69) is 15.3 Å². The largest absolute Gasteiger partial charge is 0.352 e. The quantitative estimate of drug-likeness (QED) is 0.437. The minimum atomic E-state index is -0.559. The molecule has 0 aromatic heterocycles. The van der Waals surface area contributed by atoms with Gasteiger partial charge in [0.15, 0.2) is 0 Å². The molecule has 0 aliphatic rings. The lowest BCUT2D eigenvalue weighted by Crippen LogP contribution is -2.30. The summed E-state index contributed by atoms with van der Waals surface area (Å²) in [5.41, 5.74) is 14.7. The van der Waals surface area contributed by atoms with Gasteiger partial charge in [0.1, 0.15) is 0 Å². The van der Waals surface area contributed by atoms with E-state index in [1.807, 2.05) is 12.1 Å². The summed E-state index contributed by atoms with van der Waals surface area (Å²) in [6, 6.07) is 6.63. The number of nitrogens with two attached hydrogens (primary N) is 1. The predicted molar refractivity (Wildman–Crippen MR) is 56.5 cm³/mol. The van der Waals surface area contributed by atoms with E-state index in [-0.39, 0.29) is 0 Å². The molecule has 1 aromatic rings. The monoisotopic (exact) mass is 205 g/mol. The maximum atomic E-state index is 10.4. The van der Waals surface area contributed by atoms with E-state index in [0.717, 1.165) is 5.56 Å². The lowest BCUT2D eigenvalue weighted by atomic mass is 10.1. The Morgan fingerprint density at radius 1 is 1.53 bits per heavy atom. The number of nitrogens with zero attached hydrogens (tertiary/aromatic N) is 3. The molecule has 3 N–H and O–H groups in total. The van der Waals surface area contributed by atoms with Crippen molar-refractivity contribution >= 4 is 11.7 Å². The number of rotatable bonds is 4. The van der Waals surface area contributed by atoms with Crippen LogP contribution in [0.2, 0.25) is 0 Å². The number of carbonyl (C=O) groups is 1. The van der Waals surface area contributed by atoms with Crippen LogP contribution in [0.15, 0.2) is 29.4 Å². The maximum absolute atomic E-state index is 10.4. The summed E-state index contributed by atoms with van der Waals surface area (Å²) in [6.45, 7) is 0.424. The second-order valence-electron chi connectivity index (χ2n) is 2.86. The van der Waals surface area contributed by atoms with Crippen LogP contribution in [-0.4, -0.2) is 12.6 Å². The Balaban J connectivity index is 2.67. The van der Waals surface area contributed by atoms with Crippen LogP contribution < -0.4 is 11.1 Å². The van der Waals surface area contributed by atoms with E-state index in [1.54, 1.807) is 12.1 Å². The second kappa shape index (κ2) is 5.51. The average molecular weight is 205 g/mol. The van der Waals surface area contributed by atoms with Gasteiger partial charge in [0.25, 0.3) is 0 Å². The van der Waals surface area contributed by atoms with Crippen molar-refractivity contribution in [2.75, 3.05) is 6.54 Å². The summed E-state index contributed by atoms with van der Waals surface area (Å²) in [5, 5.41) is 6.01. The van der Waals surface area contributed by atoms with E-state index in [4.69, 9.17) is 11.3 Å². The van der Waals surface area contributed by atoms with Crippen LogP contribution in [0.25, 0.3) is 10.4 Å². The summed E-state index contributed by atoms with van der Waals surface area (Å²) >= 11 is 0. The highest BCUT2D eigenvalue weighted by Gasteiger charge is 1.99. The summed E-state index contributed by atoms with van der Waals surface area (Å²) in [7, 11) is 0. The first-order valence-corrected chi connectivity index (χ1v) is 4.40. The Morgan fingerprint density at radius 2 is 2.27 bits per heavy atom. The third-order valence-corrected chi connectivity index (χ3v) is 1.84. The summed E-state index contributed by atoms with van der Waals surface area (Å²) in [5.74, 6) is 0. The van der Waals surface area contributed by atoms with Crippen LogP contribution in [0.3, 0.4) is 0 Å². The molecule has 0 atom stereocenters. The Kier molecular flexibility index (Phi) is 4.00. The Hall–Kier alpha value is -2.20. The number of hydrogen-bond donors (Lipinski definition) is 2. The standard InChI is InChI=1S/C9H11N5O/c10-9(15)12-6-5-7-3-1-2-4-8(7)13-14-11/h1-4H,5-6H2,(H3,10,12,15). The molecule has 0 saturated heterocycles. The van der Waals surface area contributed by atoms with Gasteiger partial charge in [0.2, 0.25) is 0 Å². The second-order valence-corrected chi connectivity index (χ2v) is 2.86. The highest BCUT2D eigenvalue weighted by Crippen LogP contribution is 2.18. The van der Waals surface area contributed by atoms with E-state index in [9.17, 15) is 4.79 Å². The molecule has 0 heterocycles. The van der Waals surface area contributed by atoms with Gasteiger partial charge in [-0.05, 0) is 17.5 Å². The third-order valence-electron chi connectivity index (χ3n) is 1.84. The normalized spacial score (nSPS) is 9.07. The first-order chi connectivity index (χ1) is 7.24. The molecule has 0 spiro atoms. The van der Waals surface area contributed by atoms with Crippen LogP contribution in [0.5, 0.6) is 0 Å². The smallest absolute Gasteiger partial charge is 0.312 e. The van der Waals surface area contributed by atoms with Gasteiger partial charge in [-0.25, -0.2) is 4.79 Å². The van der Waals surface area contributed by atoms with E-state index in [1.165, 1.54) is 0 Å². The van der Waals surface area contributed by atoms with Crippen molar-refractivity contribution in [3.63, 3.8) is 0 Å². The Labute approximate surface area is 86.7 Å². The van der Waals surface area contributed by atoms with Crippen LogP contribution in [0.4, 0.5) is 10.5 Å². The SMILES string of the molecule is [N-]=[N+]=Nc1ccccc1CCNC(N)=O. The van der Waals surface area contributed by atoms with Crippen LogP contribution in [0.1, 0.15) is 5.56 Å². The summed E-state index contributed by atoms with van der Waals surface area (Å²) in [4.78, 5) is 13.2. The number of primary amides is 1. The van der Waals surface area contributed by atoms with Gasteiger partial charge >= 0.3 is 6.03 Å². The molecule has 0 aliphatic heterocycles. The van der Waals surface area contributed by atoms with Crippen molar-refractivity contribution in [2.45, 2.75) is 6.42 Å². The molecule has 78 valence electrons. The van der Waals surface area contributed by atoms with Crippen molar-refractivity contribution in [1.29, 1.82) is 0 Å². The first kappa shape index (κ1) is 10.9. The fourth-order valence-electron chi connectivity index (χ4n) is 1.19. The zero-order chi connectivity index (χ0) is 11.1. The highest BCUT2D eigenvalue weighted by molar-refractivity contribution is 5.71. The van der Waals surface area contributed by atoms with Gasteiger partial charge < -0.3 is 11.1 Å². The Bertz CT molecular complexity index is 397. The predicted octanol–water partition coefficient (Wildman–Crippen LogP) is 1.84. The molecule has 6 nitrogen and oxygen atoms in total. The highest BCUT2D eigenvalue weighted by atomic mass is 16.2. The number of nitrogens with one attached hydrogen (secondary N) is 1. The molecule has 15 heavy (non-hydrogen) atoms. The minimum Gasteiger partial charge on any atom is -0.352 e. The maximum Gasteiger partial charge on any atom is 0.312 e. The van der Waals surface area contributed by atoms with E-state index < -0.39 is 6.03 Å². The molecule has 0 fully saturated rings.